The number of amides is 1. The van der Waals surface area contributed by atoms with Crippen LogP contribution in [0.1, 0.15) is 21.3 Å². The van der Waals surface area contributed by atoms with E-state index in [9.17, 15) is 4.79 Å². The zero-order valence-corrected chi connectivity index (χ0v) is 18.6. The third kappa shape index (κ3) is 3.58. The molecule has 0 saturated carbocycles. The number of aromatic nitrogens is 1. The summed E-state index contributed by atoms with van der Waals surface area (Å²) >= 11 is 1.72. The number of fused-ring (bicyclic) bond motifs is 1. The number of nitrogens with zero attached hydrogens (tertiary/aromatic N) is 2. The summed E-state index contributed by atoms with van der Waals surface area (Å²) in [4.78, 5) is 15.5. The fourth-order valence-electron chi connectivity index (χ4n) is 4.01. The van der Waals surface area contributed by atoms with Gasteiger partial charge in [-0.05, 0) is 36.4 Å². The molecule has 3 aromatic carbocycles. The van der Waals surface area contributed by atoms with E-state index in [-0.39, 0.29) is 11.3 Å². The van der Waals surface area contributed by atoms with Gasteiger partial charge in [-0.15, -0.1) is 11.8 Å². The minimum Gasteiger partial charge on any atom is -0.497 e. The van der Waals surface area contributed by atoms with Crippen molar-refractivity contribution in [2.45, 2.75) is 5.37 Å². The van der Waals surface area contributed by atoms with Crippen LogP contribution in [0.3, 0.4) is 0 Å². The van der Waals surface area contributed by atoms with Crippen molar-refractivity contribution in [3.63, 3.8) is 0 Å². The summed E-state index contributed by atoms with van der Waals surface area (Å²) in [6.07, 6.45) is 0. The summed E-state index contributed by atoms with van der Waals surface area (Å²) < 4.78 is 16.6. The molecule has 6 nitrogen and oxygen atoms in total. The molecular weight excluding hydrogens is 424 g/mol. The molecule has 0 aliphatic carbocycles. The first-order valence-corrected chi connectivity index (χ1v) is 11.3. The molecule has 5 rings (SSSR count). The molecule has 1 amide bonds. The summed E-state index contributed by atoms with van der Waals surface area (Å²) in [7, 11) is 3.27. The lowest BCUT2D eigenvalue weighted by Gasteiger charge is -2.26. The maximum atomic E-state index is 13.6. The Labute approximate surface area is 190 Å². The molecule has 1 atom stereocenters. The fraction of sp³-hybridized carbons (Fsp3) is 0.200. The normalized spacial score (nSPS) is 15.8. The topological polar surface area (TPSA) is 64.8 Å². The highest BCUT2D eigenvalue weighted by atomic mass is 32.2. The van der Waals surface area contributed by atoms with E-state index >= 15 is 0 Å². The largest absolute Gasteiger partial charge is 0.497 e. The maximum absolute atomic E-state index is 13.6. The molecule has 1 unspecified atom stereocenters. The lowest BCUT2D eigenvalue weighted by molar-refractivity contribution is 0.0759. The van der Waals surface area contributed by atoms with Crippen LogP contribution in [-0.4, -0.2) is 42.5 Å². The molecule has 1 aliphatic heterocycles. The maximum Gasteiger partial charge on any atom is 0.255 e. The van der Waals surface area contributed by atoms with Crippen LogP contribution in [0.2, 0.25) is 0 Å². The summed E-state index contributed by atoms with van der Waals surface area (Å²) in [5, 5.41) is 4.83. The first-order valence-electron chi connectivity index (χ1n) is 10.3. The van der Waals surface area contributed by atoms with Crippen molar-refractivity contribution < 1.29 is 18.8 Å². The average molecular weight is 447 g/mol. The lowest BCUT2D eigenvalue weighted by Crippen LogP contribution is -2.30. The van der Waals surface area contributed by atoms with Crippen LogP contribution in [0.15, 0.2) is 71.3 Å². The third-order valence-corrected chi connectivity index (χ3v) is 6.86. The number of rotatable bonds is 5. The van der Waals surface area contributed by atoms with Gasteiger partial charge in [0.25, 0.3) is 5.91 Å². The summed E-state index contributed by atoms with van der Waals surface area (Å²) in [5.41, 5.74) is 3.18. The molecule has 32 heavy (non-hydrogen) atoms. The van der Waals surface area contributed by atoms with Crippen molar-refractivity contribution in [2.75, 3.05) is 26.5 Å². The highest BCUT2D eigenvalue weighted by molar-refractivity contribution is 7.99. The molecule has 0 N–H and O–H groups in total. The number of thioether (sulfide) groups is 1. The second kappa shape index (κ2) is 8.59. The minimum absolute atomic E-state index is 0.0352. The van der Waals surface area contributed by atoms with Crippen LogP contribution in [0.25, 0.3) is 22.2 Å². The smallest absolute Gasteiger partial charge is 0.255 e. The predicted molar refractivity (Wildman–Crippen MR) is 125 cm³/mol. The SMILES string of the molecule is COc1ccc(OC)c(C2SCCN2C(=O)c2ccc3noc(-c4ccccc4)c3c2)c1. The van der Waals surface area contributed by atoms with Crippen molar-refractivity contribution >= 4 is 28.6 Å². The van der Waals surface area contributed by atoms with Gasteiger partial charge in [-0.25, -0.2) is 0 Å². The fourth-order valence-corrected chi connectivity index (χ4v) is 5.28. The molecule has 0 radical (unpaired) electrons. The van der Waals surface area contributed by atoms with Crippen LogP contribution in [0.4, 0.5) is 0 Å². The van der Waals surface area contributed by atoms with Crippen LogP contribution < -0.4 is 9.47 Å². The van der Waals surface area contributed by atoms with E-state index in [1.165, 1.54) is 0 Å². The van der Waals surface area contributed by atoms with Gasteiger partial charge in [0, 0.05) is 29.0 Å². The molecule has 7 heteroatoms. The van der Waals surface area contributed by atoms with Gasteiger partial charge >= 0.3 is 0 Å². The van der Waals surface area contributed by atoms with Crippen molar-refractivity contribution in [1.29, 1.82) is 0 Å². The number of methoxy groups -OCH3 is 2. The average Bonchev–Trinajstić information content (AvgIpc) is 3.50. The van der Waals surface area contributed by atoms with Gasteiger partial charge in [0.15, 0.2) is 5.76 Å². The Bertz CT molecular complexity index is 1270. The Morgan fingerprint density at radius 3 is 2.69 bits per heavy atom. The van der Waals surface area contributed by atoms with Crippen LogP contribution in [0.5, 0.6) is 11.5 Å². The van der Waals surface area contributed by atoms with E-state index < -0.39 is 0 Å². The van der Waals surface area contributed by atoms with E-state index in [4.69, 9.17) is 14.0 Å². The molecule has 162 valence electrons. The number of benzene rings is 3. The summed E-state index contributed by atoms with van der Waals surface area (Å²) in [6.45, 7) is 0.655. The molecule has 0 bridgehead atoms. The second-order valence-corrected chi connectivity index (χ2v) is 8.63. The highest BCUT2D eigenvalue weighted by Gasteiger charge is 2.33. The van der Waals surface area contributed by atoms with Gasteiger partial charge < -0.3 is 18.9 Å². The number of hydrogen-bond acceptors (Lipinski definition) is 6. The first-order chi connectivity index (χ1) is 15.7. The first kappa shape index (κ1) is 20.5. The molecular formula is C25H22N2O4S. The molecule has 0 spiro atoms. The Balaban J connectivity index is 1.51. The Hall–Kier alpha value is -3.45. The Morgan fingerprint density at radius 2 is 1.91 bits per heavy atom. The lowest BCUT2D eigenvalue weighted by atomic mass is 10.1. The van der Waals surface area contributed by atoms with Crippen molar-refractivity contribution in [3.05, 3.63) is 77.9 Å². The predicted octanol–water partition coefficient (Wildman–Crippen LogP) is 5.40. The van der Waals surface area contributed by atoms with E-state index in [1.54, 1.807) is 26.0 Å². The van der Waals surface area contributed by atoms with Gasteiger partial charge in [0.1, 0.15) is 22.4 Å². The van der Waals surface area contributed by atoms with Crippen LogP contribution in [-0.2, 0) is 0 Å². The number of ether oxygens (including phenoxy) is 2. The van der Waals surface area contributed by atoms with Crippen LogP contribution in [0, 0.1) is 0 Å². The quantitative estimate of drug-likeness (QED) is 0.409. The van der Waals surface area contributed by atoms with Gasteiger partial charge in [0.2, 0.25) is 0 Å². The van der Waals surface area contributed by atoms with E-state index in [1.807, 2.05) is 71.6 Å². The summed E-state index contributed by atoms with van der Waals surface area (Å²) in [6, 6.07) is 21.0. The number of carbonyl (C=O) groups is 1. The third-order valence-electron chi connectivity index (χ3n) is 5.61. The van der Waals surface area contributed by atoms with Crippen molar-refractivity contribution in [1.82, 2.24) is 10.1 Å². The van der Waals surface area contributed by atoms with E-state index in [0.717, 1.165) is 39.3 Å². The minimum atomic E-state index is -0.153. The van der Waals surface area contributed by atoms with Gasteiger partial charge in [0.05, 0.1) is 19.6 Å². The molecule has 1 aliphatic rings. The zero-order chi connectivity index (χ0) is 22.1. The molecule has 4 aromatic rings. The van der Waals surface area contributed by atoms with Gasteiger partial charge in [-0.3, -0.25) is 4.79 Å². The number of carbonyl (C=O) groups excluding carboxylic acids is 1. The highest BCUT2D eigenvalue weighted by Crippen LogP contribution is 2.44. The van der Waals surface area contributed by atoms with E-state index in [2.05, 4.69) is 5.16 Å². The van der Waals surface area contributed by atoms with Crippen molar-refractivity contribution in [3.8, 4) is 22.8 Å². The molecule has 2 heterocycles. The molecule has 1 aromatic heterocycles. The molecule has 1 fully saturated rings. The van der Waals surface area contributed by atoms with Gasteiger partial charge in [-0.2, -0.15) is 0 Å². The van der Waals surface area contributed by atoms with Crippen LogP contribution >= 0.6 is 11.8 Å². The van der Waals surface area contributed by atoms with Crippen molar-refractivity contribution in [2.24, 2.45) is 0 Å². The zero-order valence-electron chi connectivity index (χ0n) is 17.8. The van der Waals surface area contributed by atoms with E-state index in [0.29, 0.717) is 17.9 Å². The standard InChI is InChI=1S/C25H22N2O4S/c1-29-18-9-11-22(30-2)20(15-18)25-27(12-13-32-25)24(28)17-8-10-21-19(14-17)23(31-26-21)16-6-4-3-5-7-16/h3-11,14-15,25H,12-13H2,1-2H3. The Kier molecular flexibility index (Phi) is 5.49. The van der Waals surface area contributed by atoms with Gasteiger partial charge in [-0.1, -0.05) is 35.5 Å². The Morgan fingerprint density at radius 1 is 1.06 bits per heavy atom. The summed E-state index contributed by atoms with van der Waals surface area (Å²) in [5.74, 6) is 2.95. The monoisotopic (exact) mass is 446 g/mol. The number of hydrogen-bond donors (Lipinski definition) is 0. The molecule has 1 saturated heterocycles. The second-order valence-electron chi connectivity index (χ2n) is 7.44.